The standard InChI is InChI=1S/C20H27N3O/c1-2-3-7-16-10-12-18(13-11-16)22-15-17(14-21)20(24)23-19-8-5-4-6-9-19/h10-13,15,19,22H,2-9H2,1H3,(H,23,24)/b17-15-. The highest BCUT2D eigenvalue weighted by molar-refractivity contribution is 5.97. The van der Waals surface area contributed by atoms with Crippen LogP contribution in [0.15, 0.2) is 36.0 Å². The number of rotatable bonds is 7. The van der Waals surface area contributed by atoms with Crippen LogP contribution in [0.1, 0.15) is 57.4 Å². The molecule has 1 saturated carbocycles. The first-order valence-corrected chi connectivity index (χ1v) is 8.99. The van der Waals surface area contributed by atoms with Crippen LogP contribution >= 0.6 is 0 Å². The summed E-state index contributed by atoms with van der Waals surface area (Å²) in [6, 6.07) is 10.3. The summed E-state index contributed by atoms with van der Waals surface area (Å²) < 4.78 is 0. The van der Waals surface area contributed by atoms with Crippen LogP contribution in [-0.2, 0) is 11.2 Å². The number of hydrogen-bond acceptors (Lipinski definition) is 3. The second kappa shape index (κ2) is 9.77. The number of benzene rings is 1. The Labute approximate surface area is 144 Å². The van der Waals surface area contributed by atoms with Gasteiger partial charge in [0.15, 0.2) is 0 Å². The van der Waals surface area contributed by atoms with E-state index in [9.17, 15) is 10.1 Å². The van der Waals surface area contributed by atoms with Gasteiger partial charge in [0, 0.05) is 17.9 Å². The van der Waals surface area contributed by atoms with E-state index < -0.39 is 0 Å². The summed E-state index contributed by atoms with van der Waals surface area (Å²) in [6.07, 6.45) is 10.5. The van der Waals surface area contributed by atoms with Gasteiger partial charge in [0.1, 0.15) is 11.6 Å². The first kappa shape index (κ1) is 18.1. The molecule has 1 amide bonds. The fraction of sp³-hybridized carbons (Fsp3) is 0.500. The summed E-state index contributed by atoms with van der Waals surface area (Å²) in [5.74, 6) is -0.281. The van der Waals surface area contributed by atoms with Crippen molar-refractivity contribution in [3.63, 3.8) is 0 Å². The fourth-order valence-electron chi connectivity index (χ4n) is 2.96. The molecule has 0 heterocycles. The Morgan fingerprint density at radius 1 is 1.25 bits per heavy atom. The lowest BCUT2D eigenvalue weighted by molar-refractivity contribution is -0.118. The molecule has 0 bridgehead atoms. The minimum atomic E-state index is -0.281. The number of unbranched alkanes of at least 4 members (excludes halogenated alkanes) is 1. The molecule has 0 saturated heterocycles. The molecule has 1 aliphatic carbocycles. The number of nitrogens with one attached hydrogen (secondary N) is 2. The van der Waals surface area contributed by atoms with Gasteiger partial charge in [-0.25, -0.2) is 0 Å². The maximum Gasteiger partial charge on any atom is 0.263 e. The largest absolute Gasteiger partial charge is 0.360 e. The number of hydrogen-bond donors (Lipinski definition) is 2. The molecule has 0 aromatic heterocycles. The number of anilines is 1. The lowest BCUT2D eigenvalue weighted by atomic mass is 9.95. The fourth-order valence-corrected chi connectivity index (χ4v) is 2.96. The Hall–Kier alpha value is -2.28. The second-order valence-electron chi connectivity index (χ2n) is 6.42. The Bertz CT molecular complexity index is 592. The average molecular weight is 325 g/mol. The summed E-state index contributed by atoms with van der Waals surface area (Å²) >= 11 is 0. The van der Waals surface area contributed by atoms with Crippen molar-refractivity contribution in [2.75, 3.05) is 5.32 Å². The van der Waals surface area contributed by atoms with Gasteiger partial charge in [0.25, 0.3) is 5.91 Å². The van der Waals surface area contributed by atoms with Crippen molar-refractivity contribution in [2.24, 2.45) is 0 Å². The van der Waals surface area contributed by atoms with E-state index >= 15 is 0 Å². The maximum atomic E-state index is 12.2. The van der Waals surface area contributed by atoms with Gasteiger partial charge >= 0.3 is 0 Å². The van der Waals surface area contributed by atoms with Crippen LogP contribution in [0.25, 0.3) is 0 Å². The van der Waals surface area contributed by atoms with Gasteiger partial charge in [-0.15, -0.1) is 0 Å². The average Bonchev–Trinajstić information content (AvgIpc) is 2.62. The van der Waals surface area contributed by atoms with Gasteiger partial charge in [-0.3, -0.25) is 4.79 Å². The van der Waals surface area contributed by atoms with Crippen LogP contribution in [0.2, 0.25) is 0 Å². The van der Waals surface area contributed by atoms with Crippen LogP contribution in [0, 0.1) is 11.3 Å². The Kier molecular flexibility index (Phi) is 7.35. The molecule has 0 radical (unpaired) electrons. The van der Waals surface area contributed by atoms with Gasteiger partial charge in [0.2, 0.25) is 0 Å². The minimum Gasteiger partial charge on any atom is -0.360 e. The number of amides is 1. The number of nitrogens with zero attached hydrogens (tertiary/aromatic N) is 1. The van der Waals surface area contributed by atoms with E-state index in [1.807, 2.05) is 18.2 Å². The Morgan fingerprint density at radius 3 is 2.58 bits per heavy atom. The van der Waals surface area contributed by atoms with E-state index in [0.717, 1.165) is 37.8 Å². The molecule has 128 valence electrons. The normalized spacial score (nSPS) is 15.6. The molecule has 0 unspecified atom stereocenters. The summed E-state index contributed by atoms with van der Waals surface area (Å²) in [6.45, 7) is 2.18. The molecule has 1 aromatic rings. The molecule has 4 nitrogen and oxygen atoms in total. The van der Waals surface area contributed by atoms with Crippen LogP contribution in [0.4, 0.5) is 5.69 Å². The number of carbonyl (C=O) groups is 1. The zero-order valence-electron chi connectivity index (χ0n) is 14.5. The third-order valence-corrected chi connectivity index (χ3v) is 4.46. The molecule has 1 aliphatic rings. The van der Waals surface area contributed by atoms with Crippen molar-refractivity contribution in [1.82, 2.24) is 5.32 Å². The smallest absolute Gasteiger partial charge is 0.263 e. The van der Waals surface area contributed by atoms with E-state index in [2.05, 4.69) is 29.7 Å². The van der Waals surface area contributed by atoms with Gasteiger partial charge in [-0.1, -0.05) is 44.7 Å². The first-order chi connectivity index (χ1) is 11.7. The first-order valence-electron chi connectivity index (χ1n) is 8.99. The SMILES string of the molecule is CCCCc1ccc(N/C=C(/C#N)C(=O)NC2CCCCC2)cc1. The van der Waals surface area contributed by atoms with Crippen molar-refractivity contribution in [2.45, 2.75) is 64.3 Å². The van der Waals surface area contributed by atoms with Crippen LogP contribution < -0.4 is 10.6 Å². The predicted molar refractivity (Wildman–Crippen MR) is 97.4 cm³/mol. The Morgan fingerprint density at radius 2 is 1.96 bits per heavy atom. The van der Waals surface area contributed by atoms with Crippen LogP contribution in [0.5, 0.6) is 0 Å². The van der Waals surface area contributed by atoms with E-state index in [-0.39, 0.29) is 17.5 Å². The van der Waals surface area contributed by atoms with Crippen molar-refractivity contribution in [3.05, 3.63) is 41.6 Å². The number of carbonyl (C=O) groups excluding carboxylic acids is 1. The molecule has 24 heavy (non-hydrogen) atoms. The molecule has 4 heteroatoms. The van der Waals surface area contributed by atoms with Crippen molar-refractivity contribution >= 4 is 11.6 Å². The highest BCUT2D eigenvalue weighted by atomic mass is 16.1. The van der Waals surface area contributed by atoms with Crippen molar-refractivity contribution in [3.8, 4) is 6.07 Å². The summed E-state index contributed by atoms with van der Waals surface area (Å²) in [5.41, 5.74) is 2.31. The highest BCUT2D eigenvalue weighted by Crippen LogP contribution is 2.18. The molecule has 0 spiro atoms. The number of nitriles is 1. The highest BCUT2D eigenvalue weighted by Gasteiger charge is 2.17. The van der Waals surface area contributed by atoms with Crippen molar-refractivity contribution in [1.29, 1.82) is 5.26 Å². The lowest BCUT2D eigenvalue weighted by Crippen LogP contribution is -2.37. The Balaban J connectivity index is 1.89. The van der Waals surface area contributed by atoms with E-state index in [1.165, 1.54) is 31.0 Å². The number of aryl methyl sites for hydroxylation is 1. The molecule has 0 aliphatic heterocycles. The molecule has 2 rings (SSSR count). The van der Waals surface area contributed by atoms with Crippen LogP contribution in [-0.4, -0.2) is 11.9 Å². The molecular formula is C20H27N3O. The second-order valence-corrected chi connectivity index (χ2v) is 6.42. The summed E-state index contributed by atoms with van der Waals surface area (Å²) in [5, 5.41) is 15.2. The lowest BCUT2D eigenvalue weighted by Gasteiger charge is -2.22. The molecule has 0 atom stereocenters. The van der Waals surface area contributed by atoms with E-state index in [0.29, 0.717) is 0 Å². The quantitative estimate of drug-likeness (QED) is 0.580. The van der Waals surface area contributed by atoms with Crippen molar-refractivity contribution < 1.29 is 4.79 Å². The predicted octanol–water partition coefficient (Wildman–Crippen LogP) is 4.30. The van der Waals surface area contributed by atoms with Gasteiger partial charge in [0.05, 0.1) is 0 Å². The molecule has 1 fully saturated rings. The maximum absolute atomic E-state index is 12.2. The topological polar surface area (TPSA) is 64.9 Å². The van der Waals surface area contributed by atoms with Gasteiger partial charge in [-0.2, -0.15) is 5.26 Å². The summed E-state index contributed by atoms with van der Waals surface area (Å²) in [4.78, 5) is 12.2. The third kappa shape index (κ3) is 5.73. The van der Waals surface area contributed by atoms with Gasteiger partial charge in [-0.05, 0) is 43.4 Å². The zero-order chi connectivity index (χ0) is 17.2. The summed E-state index contributed by atoms with van der Waals surface area (Å²) in [7, 11) is 0. The minimum absolute atomic E-state index is 0.121. The van der Waals surface area contributed by atoms with E-state index in [1.54, 1.807) is 0 Å². The van der Waals surface area contributed by atoms with Gasteiger partial charge < -0.3 is 10.6 Å². The van der Waals surface area contributed by atoms with Crippen LogP contribution in [0.3, 0.4) is 0 Å². The monoisotopic (exact) mass is 325 g/mol. The molecular weight excluding hydrogens is 298 g/mol. The zero-order valence-corrected chi connectivity index (χ0v) is 14.5. The van der Waals surface area contributed by atoms with E-state index in [4.69, 9.17) is 0 Å². The molecule has 2 N–H and O–H groups in total. The third-order valence-electron chi connectivity index (χ3n) is 4.46. The molecule has 1 aromatic carbocycles.